The highest BCUT2D eigenvalue weighted by Gasteiger charge is 2.16. The van der Waals surface area contributed by atoms with E-state index in [2.05, 4.69) is 20.4 Å². The Labute approximate surface area is 160 Å². The van der Waals surface area contributed by atoms with Crippen LogP contribution in [0.2, 0.25) is 5.02 Å². The number of aliphatic hydroxyl groups is 1. The predicted octanol–water partition coefficient (Wildman–Crippen LogP) is 2.68. The third-order valence-corrected chi connectivity index (χ3v) is 3.95. The lowest BCUT2D eigenvalue weighted by Crippen LogP contribution is -2.20. The molecular formula is C18H17ClN6O2. The molecule has 1 aromatic carbocycles. The van der Waals surface area contributed by atoms with Crippen LogP contribution >= 0.6 is 11.6 Å². The van der Waals surface area contributed by atoms with Crippen LogP contribution in [0.15, 0.2) is 36.7 Å². The van der Waals surface area contributed by atoms with Crippen LogP contribution in [0.4, 0.5) is 5.95 Å². The molecular weight excluding hydrogens is 368 g/mol. The van der Waals surface area contributed by atoms with Crippen molar-refractivity contribution in [3.8, 4) is 34.3 Å². The number of nitriles is 1. The summed E-state index contributed by atoms with van der Waals surface area (Å²) in [6.45, 7) is 1.82. The van der Waals surface area contributed by atoms with E-state index in [0.29, 0.717) is 33.5 Å². The van der Waals surface area contributed by atoms with Crippen molar-refractivity contribution >= 4 is 17.5 Å². The summed E-state index contributed by atoms with van der Waals surface area (Å²) in [6.07, 6.45) is 3.30. The maximum absolute atomic E-state index is 9.87. The number of phenols is 1. The molecule has 8 nitrogen and oxygen atoms in total. The van der Waals surface area contributed by atoms with Gasteiger partial charge in [0, 0.05) is 34.6 Å². The number of anilines is 1. The van der Waals surface area contributed by atoms with E-state index >= 15 is 0 Å². The lowest BCUT2D eigenvalue weighted by Gasteiger charge is -2.11. The summed E-state index contributed by atoms with van der Waals surface area (Å²) >= 11 is 6.06. The number of aliphatic hydroxyl groups excluding tert-OH is 1. The average Bonchev–Trinajstić information content (AvgIpc) is 3.05. The zero-order valence-corrected chi connectivity index (χ0v) is 15.2. The molecule has 2 heterocycles. The van der Waals surface area contributed by atoms with Crippen molar-refractivity contribution in [1.29, 1.82) is 5.26 Å². The van der Waals surface area contributed by atoms with E-state index < -0.39 is 0 Å². The van der Waals surface area contributed by atoms with Crippen molar-refractivity contribution in [2.75, 3.05) is 11.9 Å². The van der Waals surface area contributed by atoms with Gasteiger partial charge in [-0.2, -0.15) is 10.4 Å². The molecule has 0 unspecified atom stereocenters. The third kappa shape index (κ3) is 4.34. The summed E-state index contributed by atoms with van der Waals surface area (Å²) in [5, 5.41) is 35.9. The summed E-state index contributed by atoms with van der Waals surface area (Å²) < 4.78 is 1.49. The minimum Gasteiger partial charge on any atom is -0.508 e. The third-order valence-electron chi connectivity index (χ3n) is 3.73. The van der Waals surface area contributed by atoms with Crippen molar-refractivity contribution in [2.24, 2.45) is 0 Å². The monoisotopic (exact) mass is 384 g/mol. The molecule has 3 N–H and O–H groups in total. The first-order valence-electron chi connectivity index (χ1n) is 8.15. The zero-order chi connectivity index (χ0) is 19.4. The Hall–Kier alpha value is -3.15. The van der Waals surface area contributed by atoms with Gasteiger partial charge >= 0.3 is 0 Å². The number of nitrogens with one attached hydrogen (secondary N) is 1. The molecule has 0 spiro atoms. The van der Waals surface area contributed by atoms with Gasteiger partial charge in [0.1, 0.15) is 18.0 Å². The predicted molar refractivity (Wildman–Crippen MR) is 101 cm³/mol. The van der Waals surface area contributed by atoms with Crippen molar-refractivity contribution < 1.29 is 10.2 Å². The number of rotatable bonds is 6. The van der Waals surface area contributed by atoms with Crippen LogP contribution < -0.4 is 5.32 Å². The lowest BCUT2D eigenvalue weighted by molar-refractivity contribution is 0.281. The molecule has 27 heavy (non-hydrogen) atoms. The molecule has 2 aromatic heterocycles. The molecule has 9 heteroatoms. The highest BCUT2D eigenvalue weighted by atomic mass is 35.5. The van der Waals surface area contributed by atoms with Crippen LogP contribution in [-0.4, -0.2) is 42.6 Å². The summed E-state index contributed by atoms with van der Waals surface area (Å²) in [6, 6.07) is 8.22. The molecule has 0 amide bonds. The molecule has 0 bridgehead atoms. The highest BCUT2D eigenvalue weighted by molar-refractivity contribution is 6.31. The second-order valence-electron chi connectivity index (χ2n) is 5.94. The van der Waals surface area contributed by atoms with Gasteiger partial charge in [0.25, 0.3) is 0 Å². The summed E-state index contributed by atoms with van der Waals surface area (Å²) in [5.41, 5.74) is 2.37. The topological polar surface area (TPSA) is 120 Å². The maximum atomic E-state index is 9.87. The Kier molecular flexibility index (Phi) is 5.54. The highest BCUT2D eigenvalue weighted by Crippen LogP contribution is 2.33. The second-order valence-corrected chi connectivity index (χ2v) is 6.38. The minimum atomic E-state index is -0.203. The zero-order valence-electron chi connectivity index (χ0n) is 14.5. The number of hydrogen-bond acceptors (Lipinski definition) is 7. The number of halogens is 1. The second kappa shape index (κ2) is 8.03. The number of benzene rings is 1. The summed E-state index contributed by atoms with van der Waals surface area (Å²) in [5.74, 6) is 0.377. The first-order valence-corrected chi connectivity index (χ1v) is 8.53. The molecule has 0 aliphatic rings. The van der Waals surface area contributed by atoms with Gasteiger partial charge in [0.15, 0.2) is 0 Å². The standard InChI is InChI=1S/C18H17ClN6O2/c1-11(10-26)22-18-21-4-2-16(23-18)15-9-25(5-3-20)24-17(15)12-6-13(19)8-14(27)7-12/h2,4,6-9,11,26-27H,5,10H2,1H3,(H,21,22,23)/t11-/m1/s1. The summed E-state index contributed by atoms with van der Waals surface area (Å²) in [4.78, 5) is 8.62. The molecule has 0 aliphatic carbocycles. The lowest BCUT2D eigenvalue weighted by atomic mass is 10.1. The number of aromatic nitrogens is 4. The van der Waals surface area contributed by atoms with Gasteiger partial charge in [0.2, 0.25) is 5.95 Å². The number of aromatic hydroxyl groups is 1. The van der Waals surface area contributed by atoms with Gasteiger partial charge in [-0.05, 0) is 31.2 Å². The Bertz CT molecular complexity index is 978. The summed E-state index contributed by atoms with van der Waals surface area (Å²) in [7, 11) is 0. The Morgan fingerprint density at radius 1 is 1.37 bits per heavy atom. The van der Waals surface area contributed by atoms with Gasteiger partial charge < -0.3 is 15.5 Å². The smallest absolute Gasteiger partial charge is 0.223 e. The van der Waals surface area contributed by atoms with Crippen LogP contribution in [0.25, 0.3) is 22.5 Å². The van der Waals surface area contributed by atoms with Crippen LogP contribution in [-0.2, 0) is 6.54 Å². The molecule has 0 saturated heterocycles. The normalized spacial score (nSPS) is 11.8. The van der Waals surface area contributed by atoms with Gasteiger partial charge in [-0.15, -0.1) is 0 Å². The SMILES string of the molecule is C[C@H](CO)Nc1nccc(-c2cn(CC#N)nc2-c2cc(O)cc(Cl)c2)n1. The largest absolute Gasteiger partial charge is 0.508 e. The van der Waals surface area contributed by atoms with E-state index in [-0.39, 0.29) is 24.9 Å². The van der Waals surface area contributed by atoms with E-state index in [9.17, 15) is 10.2 Å². The number of hydrogen-bond donors (Lipinski definition) is 3. The molecule has 3 rings (SSSR count). The fourth-order valence-corrected chi connectivity index (χ4v) is 2.76. The van der Waals surface area contributed by atoms with Gasteiger partial charge in [-0.25, -0.2) is 9.97 Å². The van der Waals surface area contributed by atoms with Gasteiger partial charge in [-0.1, -0.05) is 11.6 Å². The number of phenolic OH excluding ortho intramolecular Hbond substituents is 1. The quantitative estimate of drug-likeness (QED) is 0.597. The first kappa shape index (κ1) is 18.6. The van der Waals surface area contributed by atoms with Crippen LogP contribution in [0, 0.1) is 11.3 Å². The Balaban J connectivity index is 2.10. The molecule has 0 aliphatic heterocycles. The van der Waals surface area contributed by atoms with Crippen molar-refractivity contribution in [3.63, 3.8) is 0 Å². The van der Waals surface area contributed by atoms with Crippen molar-refractivity contribution in [1.82, 2.24) is 19.7 Å². The Morgan fingerprint density at radius 2 is 2.19 bits per heavy atom. The average molecular weight is 385 g/mol. The van der Waals surface area contributed by atoms with Crippen LogP contribution in [0.5, 0.6) is 5.75 Å². The van der Waals surface area contributed by atoms with E-state index in [4.69, 9.17) is 16.9 Å². The number of nitrogens with zero attached hydrogens (tertiary/aromatic N) is 5. The molecule has 3 aromatic rings. The van der Waals surface area contributed by atoms with Crippen LogP contribution in [0.3, 0.4) is 0 Å². The molecule has 0 saturated carbocycles. The van der Waals surface area contributed by atoms with E-state index in [0.717, 1.165) is 0 Å². The van der Waals surface area contributed by atoms with Crippen molar-refractivity contribution in [2.45, 2.75) is 19.5 Å². The molecule has 138 valence electrons. The van der Waals surface area contributed by atoms with Gasteiger partial charge in [0.05, 0.1) is 18.4 Å². The van der Waals surface area contributed by atoms with E-state index in [1.54, 1.807) is 37.5 Å². The molecule has 0 radical (unpaired) electrons. The molecule has 1 atom stereocenters. The Morgan fingerprint density at radius 3 is 2.89 bits per heavy atom. The van der Waals surface area contributed by atoms with Crippen LogP contribution in [0.1, 0.15) is 6.92 Å². The fraction of sp³-hybridized carbons (Fsp3) is 0.222. The van der Waals surface area contributed by atoms with Gasteiger partial charge in [-0.3, -0.25) is 4.68 Å². The van der Waals surface area contributed by atoms with Crippen molar-refractivity contribution in [3.05, 3.63) is 41.7 Å². The van der Waals surface area contributed by atoms with E-state index in [1.165, 1.54) is 10.7 Å². The first-order chi connectivity index (χ1) is 13.0. The fourth-order valence-electron chi connectivity index (χ4n) is 2.53. The minimum absolute atomic E-state index is 0.0140. The van der Waals surface area contributed by atoms with E-state index in [1.807, 2.05) is 6.07 Å². The molecule has 0 fully saturated rings. The maximum Gasteiger partial charge on any atom is 0.223 e.